The quantitative estimate of drug-likeness (QED) is 0.429. The lowest BCUT2D eigenvalue weighted by Gasteiger charge is -2.05. The molecule has 0 spiro atoms. The molecule has 0 N–H and O–H groups in total. The lowest BCUT2D eigenvalue weighted by atomic mass is 10.0. The van der Waals surface area contributed by atoms with Crippen LogP contribution in [0.1, 0.15) is 63.5 Å². The number of aryl methyl sites for hydroxylation is 2. The van der Waals surface area contributed by atoms with Crippen LogP contribution in [0.15, 0.2) is 48.8 Å². The minimum atomic E-state index is 1.20. The molecule has 0 bridgehead atoms. The lowest BCUT2D eigenvalue weighted by Crippen LogP contribution is -2.31. The number of benzene rings is 1. The number of pyridine rings is 1. The zero-order valence-electron chi connectivity index (χ0n) is 14.2. The minimum Gasteiger partial charge on any atom is -0.167 e. The van der Waals surface area contributed by atoms with Crippen molar-refractivity contribution in [3.05, 3.63) is 59.9 Å². The van der Waals surface area contributed by atoms with Crippen LogP contribution in [-0.4, -0.2) is 0 Å². The highest BCUT2D eigenvalue weighted by molar-refractivity contribution is 5.24. The van der Waals surface area contributed by atoms with Crippen molar-refractivity contribution in [1.29, 1.82) is 0 Å². The second-order valence-electron chi connectivity index (χ2n) is 6.21. The van der Waals surface area contributed by atoms with E-state index in [-0.39, 0.29) is 0 Å². The van der Waals surface area contributed by atoms with Crippen molar-refractivity contribution >= 4 is 0 Å². The van der Waals surface area contributed by atoms with Gasteiger partial charge in [-0.2, -0.15) is 4.57 Å². The Kier molecular flexibility index (Phi) is 7.15. The van der Waals surface area contributed by atoms with Gasteiger partial charge in [0.2, 0.25) is 5.69 Å². The maximum absolute atomic E-state index is 2.42. The van der Waals surface area contributed by atoms with E-state index >= 15 is 0 Å². The third kappa shape index (κ3) is 5.29. The van der Waals surface area contributed by atoms with E-state index in [2.05, 4.69) is 67.2 Å². The van der Waals surface area contributed by atoms with Crippen LogP contribution >= 0.6 is 0 Å². The van der Waals surface area contributed by atoms with Gasteiger partial charge in [0.15, 0.2) is 12.4 Å². The fourth-order valence-corrected chi connectivity index (χ4v) is 2.89. The van der Waals surface area contributed by atoms with Crippen molar-refractivity contribution in [2.75, 3.05) is 0 Å². The van der Waals surface area contributed by atoms with Gasteiger partial charge in [-0.3, -0.25) is 0 Å². The number of para-hydroxylation sites is 1. The Labute approximate surface area is 136 Å². The molecule has 1 aromatic carbocycles. The Morgan fingerprint density at radius 2 is 1.27 bits per heavy atom. The molecule has 1 aromatic heterocycles. The number of unbranched alkanes of at least 4 members (excludes halogenated alkanes) is 4. The number of hydrogen-bond donors (Lipinski definition) is 0. The van der Waals surface area contributed by atoms with Crippen molar-refractivity contribution in [3.63, 3.8) is 0 Å². The van der Waals surface area contributed by atoms with Crippen LogP contribution in [0.5, 0.6) is 0 Å². The van der Waals surface area contributed by atoms with E-state index < -0.39 is 0 Å². The molecular formula is C21H30N+. The molecule has 0 amide bonds. The van der Waals surface area contributed by atoms with Gasteiger partial charge in [-0.1, -0.05) is 57.7 Å². The lowest BCUT2D eigenvalue weighted by molar-refractivity contribution is -0.596. The summed E-state index contributed by atoms with van der Waals surface area (Å²) in [7, 11) is 0. The number of rotatable bonds is 9. The Hall–Kier alpha value is -1.63. The number of aromatic nitrogens is 1. The number of nitrogens with zero attached hydrogens (tertiary/aromatic N) is 1. The molecule has 2 aromatic rings. The van der Waals surface area contributed by atoms with Gasteiger partial charge in [0, 0.05) is 23.3 Å². The molecule has 22 heavy (non-hydrogen) atoms. The molecule has 0 aliphatic heterocycles. The highest BCUT2D eigenvalue weighted by Gasteiger charge is 2.10. The van der Waals surface area contributed by atoms with Crippen LogP contribution in [0.4, 0.5) is 0 Å². The standard InChI is InChI=1S/C21H30N/c1-3-5-8-12-19-16-20(13-9-6-4-2)18-22(17-19)21-14-10-7-11-15-21/h7,10-11,14-18H,3-6,8-9,12-13H2,1-2H3/q+1. The summed E-state index contributed by atoms with van der Waals surface area (Å²) in [5.41, 5.74) is 4.22. The molecule has 1 nitrogen and oxygen atoms in total. The van der Waals surface area contributed by atoms with Gasteiger partial charge in [0.1, 0.15) is 0 Å². The van der Waals surface area contributed by atoms with Gasteiger partial charge in [-0.15, -0.1) is 0 Å². The maximum atomic E-state index is 2.42. The normalized spacial score (nSPS) is 10.8. The summed E-state index contributed by atoms with van der Waals surface area (Å²) >= 11 is 0. The molecule has 118 valence electrons. The van der Waals surface area contributed by atoms with Gasteiger partial charge in [0.05, 0.1) is 0 Å². The van der Waals surface area contributed by atoms with Crippen molar-refractivity contribution in [2.24, 2.45) is 0 Å². The Morgan fingerprint density at radius 3 is 1.77 bits per heavy atom. The van der Waals surface area contributed by atoms with Crippen LogP contribution in [0.3, 0.4) is 0 Å². The fraction of sp³-hybridized carbons (Fsp3) is 0.476. The highest BCUT2D eigenvalue weighted by atomic mass is 14.9. The predicted octanol–water partition coefficient (Wildman–Crippen LogP) is 5.43. The van der Waals surface area contributed by atoms with Crippen LogP contribution in [0.2, 0.25) is 0 Å². The van der Waals surface area contributed by atoms with E-state index in [1.54, 1.807) is 0 Å². The molecule has 0 aliphatic carbocycles. The fourth-order valence-electron chi connectivity index (χ4n) is 2.89. The first-order chi connectivity index (χ1) is 10.8. The van der Waals surface area contributed by atoms with Crippen LogP contribution in [0.25, 0.3) is 5.69 Å². The third-order valence-electron chi connectivity index (χ3n) is 4.17. The molecule has 0 unspecified atom stereocenters. The molecule has 0 fully saturated rings. The van der Waals surface area contributed by atoms with E-state index in [9.17, 15) is 0 Å². The van der Waals surface area contributed by atoms with Crippen LogP contribution in [0, 0.1) is 0 Å². The summed E-state index contributed by atoms with van der Waals surface area (Å²) in [6.45, 7) is 4.54. The molecule has 2 rings (SSSR count). The average Bonchev–Trinajstić information content (AvgIpc) is 2.56. The van der Waals surface area contributed by atoms with Crippen molar-refractivity contribution in [3.8, 4) is 5.69 Å². The SMILES string of the molecule is CCCCCc1cc(CCCCC)c[n+](-c2ccccc2)c1. The molecule has 1 heteroatoms. The van der Waals surface area contributed by atoms with Gasteiger partial charge >= 0.3 is 0 Å². The zero-order chi connectivity index (χ0) is 15.6. The highest BCUT2D eigenvalue weighted by Crippen LogP contribution is 2.12. The zero-order valence-corrected chi connectivity index (χ0v) is 14.2. The van der Waals surface area contributed by atoms with E-state index in [4.69, 9.17) is 0 Å². The molecule has 0 radical (unpaired) electrons. The Balaban J connectivity index is 2.19. The smallest absolute Gasteiger partial charge is 0.167 e. The van der Waals surface area contributed by atoms with Gasteiger partial charge in [-0.25, -0.2) is 0 Å². The van der Waals surface area contributed by atoms with Gasteiger partial charge in [-0.05, 0) is 31.7 Å². The first-order valence-electron chi connectivity index (χ1n) is 8.93. The van der Waals surface area contributed by atoms with Crippen LogP contribution in [-0.2, 0) is 12.8 Å². The topological polar surface area (TPSA) is 3.88 Å². The molecule has 0 atom stereocenters. The first kappa shape index (κ1) is 16.7. The van der Waals surface area contributed by atoms with Gasteiger partial charge < -0.3 is 0 Å². The Bertz CT molecular complexity index is 517. The minimum absolute atomic E-state index is 1.20. The monoisotopic (exact) mass is 296 g/mol. The largest absolute Gasteiger partial charge is 0.210 e. The van der Waals surface area contributed by atoms with E-state index in [1.165, 1.54) is 68.2 Å². The van der Waals surface area contributed by atoms with Crippen molar-refractivity contribution in [1.82, 2.24) is 0 Å². The van der Waals surface area contributed by atoms with E-state index in [1.807, 2.05) is 0 Å². The molecule has 1 heterocycles. The summed E-state index contributed by atoms with van der Waals surface area (Å²) in [6, 6.07) is 13.1. The van der Waals surface area contributed by atoms with Gasteiger partial charge in [0.25, 0.3) is 0 Å². The summed E-state index contributed by atoms with van der Waals surface area (Å²) in [5.74, 6) is 0. The van der Waals surface area contributed by atoms with Crippen LogP contribution < -0.4 is 4.57 Å². The van der Waals surface area contributed by atoms with Crippen molar-refractivity contribution in [2.45, 2.75) is 65.2 Å². The van der Waals surface area contributed by atoms with E-state index in [0.717, 1.165) is 0 Å². The van der Waals surface area contributed by atoms with Crippen molar-refractivity contribution < 1.29 is 4.57 Å². The number of hydrogen-bond acceptors (Lipinski definition) is 0. The second kappa shape index (κ2) is 9.40. The van der Waals surface area contributed by atoms with E-state index in [0.29, 0.717) is 0 Å². The maximum Gasteiger partial charge on any atom is 0.210 e. The molecular weight excluding hydrogens is 266 g/mol. The summed E-state index contributed by atoms with van der Waals surface area (Å²) < 4.78 is 2.31. The Morgan fingerprint density at radius 1 is 0.727 bits per heavy atom. The molecule has 0 saturated heterocycles. The average molecular weight is 296 g/mol. The third-order valence-corrected chi connectivity index (χ3v) is 4.17. The summed E-state index contributed by atoms with van der Waals surface area (Å²) in [4.78, 5) is 0. The first-order valence-corrected chi connectivity index (χ1v) is 8.93. The molecule has 0 saturated carbocycles. The summed E-state index contributed by atoms with van der Waals surface area (Å²) in [6.07, 6.45) is 14.8. The second-order valence-corrected chi connectivity index (χ2v) is 6.21. The molecule has 0 aliphatic rings. The predicted molar refractivity (Wildman–Crippen MR) is 94.4 cm³/mol. The summed E-state index contributed by atoms with van der Waals surface area (Å²) in [5, 5.41) is 0.